The second-order valence-electron chi connectivity index (χ2n) is 4.81. The van der Waals surface area contributed by atoms with Gasteiger partial charge in [-0.05, 0) is 32.4 Å². The number of nitrogens with one attached hydrogen (secondary N) is 1. The van der Waals surface area contributed by atoms with E-state index in [-0.39, 0.29) is 5.69 Å². The number of rotatable bonds is 7. The molecule has 0 spiro atoms. The number of carboxylic acids is 1. The summed E-state index contributed by atoms with van der Waals surface area (Å²) >= 11 is 0. The van der Waals surface area contributed by atoms with E-state index in [0.29, 0.717) is 11.6 Å². The van der Waals surface area contributed by atoms with Crippen LogP contribution in [0.5, 0.6) is 0 Å². The minimum atomic E-state index is -1.03. The Morgan fingerprint density at radius 1 is 1.53 bits per heavy atom. The van der Waals surface area contributed by atoms with Gasteiger partial charge in [-0.1, -0.05) is 6.92 Å². The summed E-state index contributed by atoms with van der Waals surface area (Å²) in [4.78, 5) is 21.5. The van der Waals surface area contributed by atoms with Crippen LogP contribution in [0.25, 0.3) is 0 Å². The highest BCUT2D eigenvalue weighted by atomic mass is 16.4. The SMILES string of the molecule is CCN(CCNc1nc(C)cc(C(=O)O)n1)C1CC1. The van der Waals surface area contributed by atoms with Gasteiger partial charge in [-0.3, -0.25) is 4.90 Å². The fourth-order valence-electron chi connectivity index (χ4n) is 2.11. The molecule has 1 heterocycles. The molecular weight excluding hydrogens is 244 g/mol. The first-order valence-corrected chi connectivity index (χ1v) is 6.67. The number of hydrogen-bond acceptors (Lipinski definition) is 5. The van der Waals surface area contributed by atoms with Crippen molar-refractivity contribution in [2.75, 3.05) is 25.0 Å². The second kappa shape index (κ2) is 5.97. The molecular formula is C13H20N4O2. The standard InChI is InChI=1S/C13H20N4O2/c1-3-17(10-4-5-10)7-6-14-13-15-9(2)8-11(16-13)12(18)19/h8,10H,3-7H2,1-2H3,(H,18,19)(H,14,15,16). The molecule has 1 aromatic heterocycles. The van der Waals surface area contributed by atoms with E-state index in [1.165, 1.54) is 18.9 Å². The van der Waals surface area contributed by atoms with Crippen LogP contribution in [0.15, 0.2) is 6.07 Å². The lowest BCUT2D eigenvalue weighted by Crippen LogP contribution is -2.31. The Morgan fingerprint density at radius 3 is 2.84 bits per heavy atom. The molecule has 6 nitrogen and oxygen atoms in total. The van der Waals surface area contributed by atoms with Crippen LogP contribution in [0.3, 0.4) is 0 Å². The number of aromatic nitrogens is 2. The predicted molar refractivity (Wildman–Crippen MR) is 72.5 cm³/mol. The fourth-order valence-corrected chi connectivity index (χ4v) is 2.11. The van der Waals surface area contributed by atoms with Crippen LogP contribution in [-0.4, -0.2) is 51.6 Å². The number of aryl methyl sites for hydroxylation is 1. The highest BCUT2D eigenvalue weighted by molar-refractivity contribution is 5.85. The van der Waals surface area contributed by atoms with Gasteiger partial charge in [0.15, 0.2) is 5.69 Å². The van der Waals surface area contributed by atoms with Gasteiger partial charge in [0.05, 0.1) is 0 Å². The number of nitrogens with zero attached hydrogens (tertiary/aromatic N) is 3. The first-order chi connectivity index (χ1) is 9.10. The second-order valence-corrected chi connectivity index (χ2v) is 4.81. The summed E-state index contributed by atoms with van der Waals surface area (Å²) in [5.74, 6) is -0.633. The smallest absolute Gasteiger partial charge is 0.354 e. The molecule has 0 aliphatic heterocycles. The summed E-state index contributed by atoms with van der Waals surface area (Å²) in [6.07, 6.45) is 2.58. The zero-order valence-corrected chi connectivity index (χ0v) is 11.4. The van der Waals surface area contributed by atoms with Gasteiger partial charge in [-0.2, -0.15) is 0 Å². The molecule has 0 atom stereocenters. The van der Waals surface area contributed by atoms with Gasteiger partial charge in [0.2, 0.25) is 5.95 Å². The molecule has 1 aliphatic carbocycles. The Labute approximate surface area is 112 Å². The topological polar surface area (TPSA) is 78.4 Å². The van der Waals surface area contributed by atoms with Crippen molar-refractivity contribution in [2.24, 2.45) is 0 Å². The monoisotopic (exact) mass is 264 g/mol. The molecule has 2 N–H and O–H groups in total. The van der Waals surface area contributed by atoms with E-state index in [0.717, 1.165) is 25.7 Å². The van der Waals surface area contributed by atoms with E-state index >= 15 is 0 Å². The van der Waals surface area contributed by atoms with Crippen molar-refractivity contribution in [1.29, 1.82) is 0 Å². The normalized spacial score (nSPS) is 14.7. The van der Waals surface area contributed by atoms with E-state index in [2.05, 4.69) is 27.1 Å². The van der Waals surface area contributed by atoms with Crippen LogP contribution in [0.1, 0.15) is 35.9 Å². The number of carboxylic acid groups (broad SMARTS) is 1. The largest absolute Gasteiger partial charge is 0.477 e. The van der Waals surface area contributed by atoms with E-state index in [9.17, 15) is 4.79 Å². The van der Waals surface area contributed by atoms with E-state index < -0.39 is 5.97 Å². The van der Waals surface area contributed by atoms with Gasteiger partial charge in [-0.15, -0.1) is 0 Å². The van der Waals surface area contributed by atoms with Crippen LogP contribution in [-0.2, 0) is 0 Å². The summed E-state index contributed by atoms with van der Waals surface area (Å²) < 4.78 is 0. The Kier molecular flexibility index (Phi) is 4.31. The molecule has 0 unspecified atom stereocenters. The molecule has 19 heavy (non-hydrogen) atoms. The fraction of sp³-hybridized carbons (Fsp3) is 0.615. The lowest BCUT2D eigenvalue weighted by atomic mass is 10.3. The van der Waals surface area contributed by atoms with Crippen molar-refractivity contribution in [3.8, 4) is 0 Å². The van der Waals surface area contributed by atoms with Crippen molar-refractivity contribution >= 4 is 11.9 Å². The highest BCUT2D eigenvalue weighted by Crippen LogP contribution is 2.25. The Balaban J connectivity index is 1.89. The van der Waals surface area contributed by atoms with E-state index in [1.54, 1.807) is 6.92 Å². The highest BCUT2D eigenvalue weighted by Gasteiger charge is 2.27. The molecule has 2 rings (SSSR count). The van der Waals surface area contributed by atoms with Crippen LogP contribution >= 0.6 is 0 Å². The maximum atomic E-state index is 10.9. The lowest BCUT2D eigenvalue weighted by molar-refractivity contribution is 0.0690. The van der Waals surface area contributed by atoms with Crippen molar-refractivity contribution in [3.63, 3.8) is 0 Å². The number of likely N-dealkylation sites (N-methyl/N-ethyl adjacent to an activating group) is 1. The summed E-state index contributed by atoms with van der Waals surface area (Å²) in [7, 11) is 0. The molecule has 104 valence electrons. The first kappa shape index (κ1) is 13.7. The van der Waals surface area contributed by atoms with Gasteiger partial charge < -0.3 is 10.4 Å². The number of hydrogen-bond donors (Lipinski definition) is 2. The molecule has 0 amide bonds. The summed E-state index contributed by atoms with van der Waals surface area (Å²) in [5.41, 5.74) is 0.689. The minimum absolute atomic E-state index is 0.0320. The third kappa shape index (κ3) is 3.89. The molecule has 1 aromatic rings. The Hall–Kier alpha value is -1.69. The molecule has 0 saturated heterocycles. The molecule has 0 radical (unpaired) electrons. The quantitative estimate of drug-likeness (QED) is 0.774. The summed E-state index contributed by atoms with van der Waals surface area (Å²) in [6, 6.07) is 2.20. The summed E-state index contributed by atoms with van der Waals surface area (Å²) in [5, 5.41) is 12.0. The number of carbonyl (C=O) groups is 1. The van der Waals surface area contributed by atoms with Gasteiger partial charge in [-0.25, -0.2) is 14.8 Å². The zero-order valence-electron chi connectivity index (χ0n) is 11.4. The maximum absolute atomic E-state index is 10.9. The van der Waals surface area contributed by atoms with Crippen molar-refractivity contribution in [3.05, 3.63) is 17.5 Å². The number of anilines is 1. The average molecular weight is 264 g/mol. The van der Waals surface area contributed by atoms with Gasteiger partial charge >= 0.3 is 5.97 Å². The summed E-state index contributed by atoms with van der Waals surface area (Å²) in [6.45, 7) is 6.63. The molecule has 1 aliphatic rings. The van der Waals surface area contributed by atoms with Crippen LogP contribution < -0.4 is 5.32 Å². The maximum Gasteiger partial charge on any atom is 0.354 e. The zero-order chi connectivity index (χ0) is 13.8. The van der Waals surface area contributed by atoms with Crippen LogP contribution in [0.4, 0.5) is 5.95 Å². The molecule has 0 aromatic carbocycles. The van der Waals surface area contributed by atoms with E-state index in [1.807, 2.05) is 0 Å². The van der Waals surface area contributed by atoms with Crippen LogP contribution in [0, 0.1) is 6.92 Å². The third-order valence-electron chi connectivity index (χ3n) is 3.22. The Morgan fingerprint density at radius 2 is 2.26 bits per heavy atom. The van der Waals surface area contributed by atoms with Gasteiger partial charge in [0.1, 0.15) is 0 Å². The average Bonchev–Trinajstić information content (AvgIpc) is 3.18. The first-order valence-electron chi connectivity index (χ1n) is 6.67. The van der Waals surface area contributed by atoms with Gasteiger partial charge in [0, 0.05) is 24.8 Å². The lowest BCUT2D eigenvalue weighted by Gasteiger charge is -2.19. The molecule has 1 saturated carbocycles. The van der Waals surface area contributed by atoms with Gasteiger partial charge in [0.25, 0.3) is 0 Å². The molecule has 6 heteroatoms. The van der Waals surface area contributed by atoms with E-state index in [4.69, 9.17) is 5.11 Å². The number of aromatic carboxylic acids is 1. The van der Waals surface area contributed by atoms with Crippen molar-refractivity contribution in [1.82, 2.24) is 14.9 Å². The minimum Gasteiger partial charge on any atom is -0.477 e. The van der Waals surface area contributed by atoms with Crippen LogP contribution in [0.2, 0.25) is 0 Å². The molecule has 0 bridgehead atoms. The predicted octanol–water partition coefficient (Wildman–Crippen LogP) is 1.38. The molecule has 1 fully saturated rings. The Bertz CT molecular complexity index is 460. The third-order valence-corrected chi connectivity index (χ3v) is 3.22. The van der Waals surface area contributed by atoms with Crippen molar-refractivity contribution < 1.29 is 9.90 Å². The van der Waals surface area contributed by atoms with Crippen molar-refractivity contribution in [2.45, 2.75) is 32.7 Å².